The molecule has 0 radical (unpaired) electrons. The second-order valence-electron chi connectivity index (χ2n) is 7.97. The average Bonchev–Trinajstić information content (AvgIpc) is 2.56. The lowest BCUT2D eigenvalue weighted by atomic mass is 9.76. The molecule has 5 heteroatoms. The highest BCUT2D eigenvalue weighted by Crippen LogP contribution is 2.38. The van der Waals surface area contributed by atoms with Gasteiger partial charge in [0.1, 0.15) is 0 Å². The molecule has 1 aromatic carbocycles. The Morgan fingerprint density at radius 2 is 1.76 bits per heavy atom. The molecule has 1 saturated carbocycles. The number of benzene rings is 1. The minimum atomic E-state index is -1.18. The number of hydrogen-bond acceptors (Lipinski definition) is 2. The predicted molar refractivity (Wildman–Crippen MR) is 112 cm³/mol. The summed E-state index contributed by atoms with van der Waals surface area (Å²) in [7, 11) is 0.657. The van der Waals surface area contributed by atoms with Crippen LogP contribution in [0.4, 0.5) is 0 Å². The zero-order valence-electron chi connectivity index (χ0n) is 16.5. The third-order valence-electron chi connectivity index (χ3n) is 5.09. The number of aryl methyl sites for hydroxylation is 1. The second kappa shape index (κ2) is 10.2. The summed E-state index contributed by atoms with van der Waals surface area (Å²) in [5.41, 5.74) is 2.92. The van der Waals surface area contributed by atoms with Crippen molar-refractivity contribution in [1.29, 1.82) is 0 Å². The van der Waals surface area contributed by atoms with Gasteiger partial charge >= 0.3 is 0 Å². The molecule has 0 aromatic heterocycles. The molecule has 1 fully saturated rings. The molecule has 144 valence electrons. The fourth-order valence-electron chi connectivity index (χ4n) is 3.18. The summed E-state index contributed by atoms with van der Waals surface area (Å²) in [6.45, 7) is 10.1. The first kappa shape index (κ1) is 22.8. The smallest absolute Gasteiger partial charge is 0.0942 e. The molecule has 0 saturated heterocycles. The first-order chi connectivity index (χ1) is 11.6. The van der Waals surface area contributed by atoms with E-state index in [9.17, 15) is 4.21 Å². The standard InChI is InChI=1S/C16H23BrO.C4H11NOS/c1-11-4-7-14(17)10-16(11)12(2)13-5-8-15(18-3)9-6-13;1-4(2,3)7(5)6/h4,7,10,12-13,15H,5-6,8-9H2,1-3H3;5H2,1-3H3. The van der Waals surface area contributed by atoms with Crippen molar-refractivity contribution in [2.75, 3.05) is 7.11 Å². The third kappa shape index (κ3) is 7.49. The summed E-state index contributed by atoms with van der Waals surface area (Å²) in [4.78, 5) is 0. The Morgan fingerprint density at radius 1 is 1.24 bits per heavy atom. The maximum atomic E-state index is 10.4. The van der Waals surface area contributed by atoms with Gasteiger partial charge in [0.15, 0.2) is 0 Å². The van der Waals surface area contributed by atoms with Gasteiger partial charge in [0.2, 0.25) is 0 Å². The molecule has 0 amide bonds. The van der Waals surface area contributed by atoms with Gasteiger partial charge in [-0.05, 0) is 88.5 Å². The lowest BCUT2D eigenvalue weighted by Gasteiger charge is -2.32. The number of halogens is 1. The third-order valence-corrected chi connectivity index (χ3v) is 6.80. The number of methoxy groups -OCH3 is 1. The Hall–Kier alpha value is -0.230. The summed E-state index contributed by atoms with van der Waals surface area (Å²) >= 11 is 3.59. The zero-order valence-corrected chi connectivity index (χ0v) is 18.9. The van der Waals surface area contributed by atoms with Gasteiger partial charge in [-0.2, -0.15) is 0 Å². The van der Waals surface area contributed by atoms with E-state index in [0.717, 1.165) is 5.92 Å². The quantitative estimate of drug-likeness (QED) is 0.688. The van der Waals surface area contributed by atoms with Crippen molar-refractivity contribution in [1.82, 2.24) is 0 Å². The van der Waals surface area contributed by atoms with Crippen LogP contribution >= 0.6 is 15.9 Å². The van der Waals surface area contributed by atoms with E-state index in [2.05, 4.69) is 48.0 Å². The van der Waals surface area contributed by atoms with Gasteiger partial charge in [0, 0.05) is 11.6 Å². The van der Waals surface area contributed by atoms with Crippen molar-refractivity contribution in [3.05, 3.63) is 33.8 Å². The first-order valence-corrected chi connectivity index (χ1v) is 11.0. The van der Waals surface area contributed by atoms with E-state index in [1.807, 2.05) is 27.9 Å². The zero-order chi connectivity index (χ0) is 19.2. The lowest BCUT2D eigenvalue weighted by molar-refractivity contribution is 0.0533. The maximum absolute atomic E-state index is 10.4. The fourth-order valence-corrected chi connectivity index (χ4v) is 3.56. The van der Waals surface area contributed by atoms with Gasteiger partial charge in [-0.15, -0.1) is 0 Å². The SMILES string of the molecule is CC(C)(C)S(N)=O.COC1CCC(C(C)c2cc(Br)ccc2C)CC1. The van der Waals surface area contributed by atoms with Crippen LogP contribution in [0.1, 0.15) is 70.4 Å². The van der Waals surface area contributed by atoms with E-state index >= 15 is 0 Å². The van der Waals surface area contributed by atoms with Gasteiger partial charge < -0.3 is 4.74 Å². The van der Waals surface area contributed by atoms with Crippen molar-refractivity contribution in [2.24, 2.45) is 11.1 Å². The fraction of sp³-hybridized carbons (Fsp3) is 0.700. The molecule has 0 bridgehead atoms. The summed E-state index contributed by atoms with van der Waals surface area (Å²) in [6, 6.07) is 6.65. The molecule has 2 unspecified atom stereocenters. The van der Waals surface area contributed by atoms with E-state index in [1.54, 1.807) is 0 Å². The summed E-state index contributed by atoms with van der Waals surface area (Å²) in [5, 5.41) is 5.04. The molecule has 1 aliphatic rings. The second-order valence-corrected chi connectivity index (χ2v) is 10.7. The molecule has 2 atom stereocenters. The van der Waals surface area contributed by atoms with Gasteiger partial charge in [-0.25, -0.2) is 4.21 Å². The Morgan fingerprint density at radius 3 is 2.20 bits per heavy atom. The Balaban J connectivity index is 0.000000381. The van der Waals surface area contributed by atoms with Gasteiger partial charge in [-0.1, -0.05) is 28.9 Å². The topological polar surface area (TPSA) is 52.3 Å². The van der Waals surface area contributed by atoms with Crippen LogP contribution in [0, 0.1) is 12.8 Å². The molecule has 2 N–H and O–H groups in total. The molecular formula is C20H34BrNO2S. The van der Waals surface area contributed by atoms with Crippen LogP contribution in [0.25, 0.3) is 0 Å². The van der Waals surface area contributed by atoms with Gasteiger partial charge in [0.05, 0.1) is 21.8 Å². The number of rotatable bonds is 3. The average molecular weight is 432 g/mol. The largest absolute Gasteiger partial charge is 0.381 e. The summed E-state index contributed by atoms with van der Waals surface area (Å²) in [6.07, 6.45) is 5.53. The maximum Gasteiger partial charge on any atom is 0.0942 e. The number of hydrogen-bond donors (Lipinski definition) is 1. The van der Waals surface area contributed by atoms with Crippen LogP contribution < -0.4 is 5.14 Å². The van der Waals surface area contributed by atoms with Crippen LogP contribution in [0.15, 0.2) is 22.7 Å². The molecule has 0 heterocycles. The van der Waals surface area contributed by atoms with E-state index in [0.29, 0.717) is 12.0 Å². The van der Waals surface area contributed by atoms with E-state index in [1.165, 1.54) is 41.3 Å². The minimum Gasteiger partial charge on any atom is -0.381 e. The van der Waals surface area contributed by atoms with Crippen LogP contribution in [-0.2, 0) is 15.7 Å². The molecule has 1 aromatic rings. The molecule has 2 rings (SSSR count). The minimum absolute atomic E-state index is 0.250. The van der Waals surface area contributed by atoms with Gasteiger partial charge in [-0.3, -0.25) is 5.14 Å². The van der Waals surface area contributed by atoms with Gasteiger partial charge in [0.25, 0.3) is 0 Å². The van der Waals surface area contributed by atoms with Crippen LogP contribution in [-0.4, -0.2) is 22.2 Å². The summed E-state index contributed by atoms with van der Waals surface area (Å²) in [5.74, 6) is 1.46. The highest BCUT2D eigenvalue weighted by molar-refractivity contribution is 9.10. The molecule has 3 nitrogen and oxygen atoms in total. The van der Waals surface area contributed by atoms with E-state index in [-0.39, 0.29) is 4.75 Å². The summed E-state index contributed by atoms with van der Waals surface area (Å²) < 4.78 is 16.8. The monoisotopic (exact) mass is 431 g/mol. The van der Waals surface area contributed by atoms with Crippen molar-refractivity contribution in [3.63, 3.8) is 0 Å². The van der Waals surface area contributed by atoms with Crippen molar-refractivity contribution >= 4 is 26.9 Å². The number of nitrogens with two attached hydrogens (primary N) is 1. The molecule has 1 aliphatic carbocycles. The highest BCUT2D eigenvalue weighted by Gasteiger charge is 2.26. The van der Waals surface area contributed by atoms with E-state index < -0.39 is 11.0 Å². The normalized spacial score (nSPS) is 23.4. The van der Waals surface area contributed by atoms with Crippen LogP contribution in [0.3, 0.4) is 0 Å². The van der Waals surface area contributed by atoms with Crippen LogP contribution in [0.2, 0.25) is 0 Å². The highest BCUT2D eigenvalue weighted by atomic mass is 79.9. The number of ether oxygens (including phenoxy) is 1. The first-order valence-electron chi connectivity index (χ1n) is 9.01. The Labute approximate surface area is 164 Å². The van der Waals surface area contributed by atoms with Crippen molar-refractivity contribution in [2.45, 2.75) is 77.1 Å². The van der Waals surface area contributed by atoms with Crippen LogP contribution in [0.5, 0.6) is 0 Å². The lowest BCUT2D eigenvalue weighted by Crippen LogP contribution is -2.27. The van der Waals surface area contributed by atoms with E-state index in [4.69, 9.17) is 9.88 Å². The molecule has 0 aliphatic heterocycles. The Kier molecular flexibility index (Phi) is 9.30. The predicted octanol–water partition coefficient (Wildman–Crippen LogP) is 5.47. The Bertz CT molecular complexity index is 563. The molecular weight excluding hydrogens is 398 g/mol. The van der Waals surface area contributed by atoms with Crippen molar-refractivity contribution < 1.29 is 8.95 Å². The molecule has 25 heavy (non-hydrogen) atoms. The van der Waals surface area contributed by atoms with Crippen molar-refractivity contribution in [3.8, 4) is 0 Å². The molecule has 0 spiro atoms.